The van der Waals surface area contributed by atoms with E-state index >= 15 is 0 Å². The Hall–Kier alpha value is -2.30. The van der Waals surface area contributed by atoms with E-state index < -0.39 is 0 Å². The molecule has 1 fully saturated rings. The highest BCUT2D eigenvalue weighted by Gasteiger charge is 2.33. The van der Waals surface area contributed by atoms with Crippen molar-refractivity contribution in [3.63, 3.8) is 0 Å². The van der Waals surface area contributed by atoms with Crippen molar-refractivity contribution in [2.24, 2.45) is 4.99 Å². The van der Waals surface area contributed by atoms with Gasteiger partial charge in [0.25, 0.3) is 5.91 Å². The smallest absolute Gasteiger partial charge is 0.300 e. The number of carbonyl (C=O) groups is 1. The molecule has 1 aliphatic rings. The summed E-state index contributed by atoms with van der Waals surface area (Å²) in [6, 6.07) is 8.71. The van der Waals surface area contributed by atoms with Crippen LogP contribution in [0.5, 0.6) is 0 Å². The molecule has 1 heterocycles. The maximum absolute atomic E-state index is 12.5. The van der Waals surface area contributed by atoms with Crippen molar-refractivity contribution in [3.8, 4) is 0 Å². The van der Waals surface area contributed by atoms with Crippen LogP contribution in [0.4, 0.5) is 5.69 Å². The molecule has 2 rings (SSSR count). The highest BCUT2D eigenvalue weighted by Crippen LogP contribution is 2.22. The largest absolute Gasteiger partial charge is 0.420 e. The molecule has 1 atom stereocenters. The van der Waals surface area contributed by atoms with E-state index in [1.54, 1.807) is 11.0 Å². The van der Waals surface area contributed by atoms with Gasteiger partial charge >= 0.3 is 6.02 Å². The van der Waals surface area contributed by atoms with Crippen LogP contribution in [-0.4, -0.2) is 42.5 Å². The zero-order chi connectivity index (χ0) is 18.4. The molecule has 5 heteroatoms. The van der Waals surface area contributed by atoms with Crippen LogP contribution >= 0.6 is 0 Å². The summed E-state index contributed by atoms with van der Waals surface area (Å²) < 4.78 is 5.75. The first-order valence-corrected chi connectivity index (χ1v) is 9.18. The molecule has 1 aliphatic heterocycles. The van der Waals surface area contributed by atoms with Gasteiger partial charge in [-0.05, 0) is 57.9 Å². The summed E-state index contributed by atoms with van der Waals surface area (Å²) in [4.78, 5) is 20.9. The molecule has 136 valence electrons. The van der Waals surface area contributed by atoms with E-state index in [0.29, 0.717) is 18.3 Å². The Morgan fingerprint density at radius 1 is 1.16 bits per heavy atom. The topological polar surface area (TPSA) is 45.1 Å². The summed E-state index contributed by atoms with van der Waals surface area (Å²) in [5.41, 5.74) is 2.13. The fraction of sp³-hybridized carbons (Fsp3) is 0.500. The number of anilines is 1. The molecular weight excluding hydrogens is 314 g/mol. The third-order valence-corrected chi connectivity index (χ3v) is 4.45. The van der Waals surface area contributed by atoms with Gasteiger partial charge in [-0.2, -0.15) is 0 Å². The van der Waals surface area contributed by atoms with Gasteiger partial charge in [-0.15, -0.1) is 0 Å². The summed E-state index contributed by atoms with van der Waals surface area (Å²) in [6.45, 7) is 12.8. The summed E-state index contributed by atoms with van der Waals surface area (Å²) in [5.74, 6) is 0.205. The number of ether oxygens (including phenoxy) is 1. The number of aliphatic imine (C=N–C) groups is 1. The second-order valence-corrected chi connectivity index (χ2v) is 6.09. The standard InChI is InChI=1S/C20H29N3O2/c1-6-15(5)21-20-23(9-4)19(24)18(25-20)14-16-10-12-17(13-11-16)22(7-2)8-3/h10-15H,6-9H2,1-5H3. The quantitative estimate of drug-likeness (QED) is 0.705. The highest BCUT2D eigenvalue weighted by molar-refractivity contribution is 6.11. The SMILES string of the molecule is CCC(C)N=C1OC(=Cc2ccc(N(CC)CC)cc2)C(=O)N1CC. The monoisotopic (exact) mass is 343 g/mol. The molecule has 0 spiro atoms. The van der Waals surface area contributed by atoms with Crippen molar-refractivity contribution >= 4 is 23.7 Å². The van der Waals surface area contributed by atoms with Crippen LogP contribution in [0.2, 0.25) is 0 Å². The summed E-state index contributed by atoms with van der Waals surface area (Å²) >= 11 is 0. The maximum Gasteiger partial charge on any atom is 0.300 e. The second kappa shape index (κ2) is 8.70. The third-order valence-electron chi connectivity index (χ3n) is 4.45. The Balaban J connectivity index is 2.23. The molecule has 1 aromatic rings. The molecular formula is C20H29N3O2. The Morgan fingerprint density at radius 2 is 1.80 bits per heavy atom. The van der Waals surface area contributed by atoms with Gasteiger partial charge < -0.3 is 9.64 Å². The Bertz CT molecular complexity index is 645. The molecule has 0 aromatic heterocycles. The van der Waals surface area contributed by atoms with E-state index in [4.69, 9.17) is 4.74 Å². The van der Waals surface area contributed by atoms with Crippen molar-refractivity contribution in [2.75, 3.05) is 24.5 Å². The van der Waals surface area contributed by atoms with E-state index in [0.717, 1.165) is 25.1 Å². The number of benzene rings is 1. The van der Waals surface area contributed by atoms with Gasteiger partial charge in [-0.3, -0.25) is 9.69 Å². The van der Waals surface area contributed by atoms with Crippen LogP contribution in [-0.2, 0) is 9.53 Å². The minimum absolute atomic E-state index is 0.127. The van der Waals surface area contributed by atoms with E-state index in [-0.39, 0.29) is 11.9 Å². The van der Waals surface area contributed by atoms with Crippen LogP contribution < -0.4 is 4.90 Å². The summed E-state index contributed by atoms with van der Waals surface area (Å²) in [7, 11) is 0. The first kappa shape index (κ1) is 19.0. The maximum atomic E-state index is 12.5. The minimum atomic E-state index is -0.127. The lowest BCUT2D eigenvalue weighted by Crippen LogP contribution is -2.30. The number of amides is 1. The van der Waals surface area contributed by atoms with Gasteiger partial charge in [0.05, 0.1) is 6.04 Å². The normalized spacial score (nSPS) is 18.8. The number of hydrogen-bond acceptors (Lipinski definition) is 4. The van der Waals surface area contributed by atoms with Crippen molar-refractivity contribution in [1.29, 1.82) is 0 Å². The number of carbonyl (C=O) groups excluding carboxylic acids is 1. The minimum Gasteiger partial charge on any atom is -0.420 e. The van der Waals surface area contributed by atoms with Crippen LogP contribution in [0.1, 0.15) is 46.6 Å². The summed E-state index contributed by atoms with van der Waals surface area (Å²) in [6.07, 6.45) is 2.70. The fourth-order valence-corrected chi connectivity index (χ4v) is 2.68. The first-order chi connectivity index (χ1) is 12.0. The molecule has 1 amide bonds. The average Bonchev–Trinajstić information content (AvgIpc) is 2.91. The van der Waals surface area contributed by atoms with E-state index in [9.17, 15) is 4.79 Å². The van der Waals surface area contributed by atoms with E-state index in [1.807, 2.05) is 26.0 Å². The first-order valence-electron chi connectivity index (χ1n) is 9.18. The lowest BCUT2D eigenvalue weighted by atomic mass is 10.1. The van der Waals surface area contributed by atoms with Gasteiger partial charge in [0, 0.05) is 25.3 Å². The van der Waals surface area contributed by atoms with Crippen LogP contribution in [0.15, 0.2) is 35.0 Å². The third kappa shape index (κ3) is 4.41. The lowest BCUT2D eigenvalue weighted by molar-refractivity contribution is -0.122. The van der Waals surface area contributed by atoms with Crippen LogP contribution in [0, 0.1) is 0 Å². The average molecular weight is 343 g/mol. The van der Waals surface area contributed by atoms with Gasteiger partial charge in [0.1, 0.15) is 0 Å². The molecule has 0 bridgehead atoms. The van der Waals surface area contributed by atoms with Gasteiger partial charge in [0.2, 0.25) is 0 Å². The van der Waals surface area contributed by atoms with Gasteiger partial charge in [0.15, 0.2) is 5.76 Å². The predicted molar refractivity (Wildman–Crippen MR) is 104 cm³/mol. The van der Waals surface area contributed by atoms with Crippen molar-refractivity contribution in [3.05, 3.63) is 35.6 Å². The molecule has 1 aromatic carbocycles. The zero-order valence-corrected chi connectivity index (χ0v) is 16.0. The molecule has 1 saturated heterocycles. The van der Waals surface area contributed by atoms with Gasteiger partial charge in [-0.1, -0.05) is 19.1 Å². The Kier molecular flexibility index (Phi) is 6.62. The van der Waals surface area contributed by atoms with Gasteiger partial charge in [-0.25, -0.2) is 4.99 Å². The van der Waals surface area contributed by atoms with Crippen molar-refractivity contribution in [1.82, 2.24) is 4.90 Å². The van der Waals surface area contributed by atoms with Crippen molar-refractivity contribution < 1.29 is 9.53 Å². The second-order valence-electron chi connectivity index (χ2n) is 6.09. The molecule has 0 N–H and O–H groups in total. The molecule has 0 saturated carbocycles. The fourth-order valence-electron chi connectivity index (χ4n) is 2.68. The summed E-state index contributed by atoms with van der Waals surface area (Å²) in [5, 5.41) is 0. The number of nitrogens with zero attached hydrogens (tertiary/aromatic N) is 3. The number of rotatable bonds is 7. The van der Waals surface area contributed by atoms with E-state index in [1.165, 1.54) is 5.69 Å². The predicted octanol–water partition coefficient (Wildman–Crippen LogP) is 3.91. The van der Waals surface area contributed by atoms with E-state index in [2.05, 4.69) is 42.8 Å². The number of amidine groups is 1. The van der Waals surface area contributed by atoms with Crippen molar-refractivity contribution in [2.45, 2.75) is 47.1 Å². The van der Waals surface area contributed by atoms with Crippen LogP contribution in [0.3, 0.4) is 0 Å². The highest BCUT2D eigenvalue weighted by atomic mass is 16.5. The molecule has 25 heavy (non-hydrogen) atoms. The molecule has 0 radical (unpaired) electrons. The number of hydrogen-bond donors (Lipinski definition) is 0. The molecule has 1 unspecified atom stereocenters. The van der Waals surface area contributed by atoms with Crippen LogP contribution in [0.25, 0.3) is 6.08 Å². The lowest BCUT2D eigenvalue weighted by Gasteiger charge is -2.20. The molecule has 5 nitrogen and oxygen atoms in total. The Labute approximate surface area is 151 Å². The Morgan fingerprint density at radius 3 is 2.32 bits per heavy atom. The molecule has 0 aliphatic carbocycles. The zero-order valence-electron chi connectivity index (χ0n) is 16.0. The number of likely N-dealkylation sites (N-methyl/N-ethyl adjacent to an activating group) is 1.